The molecule has 24 heavy (non-hydrogen) atoms. The minimum Gasteiger partial charge on any atom is -0.342 e. The first-order valence-electron chi connectivity index (χ1n) is 8.56. The molecule has 0 saturated carbocycles. The number of rotatable bonds is 4. The highest BCUT2D eigenvalue weighted by Gasteiger charge is 2.26. The van der Waals surface area contributed by atoms with Crippen LogP contribution in [0.4, 0.5) is 0 Å². The van der Waals surface area contributed by atoms with Gasteiger partial charge >= 0.3 is 0 Å². The second-order valence-electron chi connectivity index (χ2n) is 6.65. The molecule has 0 unspecified atom stereocenters. The molecule has 0 bridgehead atoms. The van der Waals surface area contributed by atoms with Crippen molar-refractivity contribution in [2.24, 2.45) is 11.7 Å². The predicted molar refractivity (Wildman–Crippen MR) is 92.8 cm³/mol. The van der Waals surface area contributed by atoms with E-state index in [0.717, 1.165) is 43.0 Å². The average Bonchev–Trinajstić information content (AvgIpc) is 2.96. The lowest BCUT2D eigenvalue weighted by atomic mass is 9.92. The molecule has 1 aliphatic rings. The van der Waals surface area contributed by atoms with E-state index >= 15 is 0 Å². The molecule has 2 atom stereocenters. The van der Waals surface area contributed by atoms with Crippen LogP contribution in [0.3, 0.4) is 0 Å². The van der Waals surface area contributed by atoms with Gasteiger partial charge in [-0.15, -0.1) is 5.10 Å². The molecule has 1 aromatic carbocycles. The van der Waals surface area contributed by atoms with Crippen LogP contribution in [-0.4, -0.2) is 44.9 Å². The Bertz CT molecular complexity index is 695. The van der Waals surface area contributed by atoms with Gasteiger partial charge in [0.25, 0.3) is 0 Å². The second kappa shape index (κ2) is 7.13. The predicted octanol–water partition coefficient (Wildman–Crippen LogP) is 1.70. The van der Waals surface area contributed by atoms with Crippen LogP contribution in [0.1, 0.15) is 31.2 Å². The number of hydrogen-bond acceptors (Lipinski definition) is 4. The molecule has 2 heterocycles. The molecular formula is C18H25N5O. The van der Waals surface area contributed by atoms with Crippen LogP contribution in [0.15, 0.2) is 30.3 Å². The molecule has 1 aromatic heterocycles. The molecule has 1 aliphatic heterocycles. The molecule has 1 fully saturated rings. The number of piperidine rings is 1. The average molecular weight is 327 g/mol. The van der Waals surface area contributed by atoms with Crippen molar-refractivity contribution in [2.75, 3.05) is 13.1 Å². The smallest absolute Gasteiger partial charge is 0.228 e. The molecule has 0 spiro atoms. The lowest BCUT2D eigenvalue weighted by molar-refractivity contribution is -0.132. The van der Waals surface area contributed by atoms with Crippen LogP contribution in [0.5, 0.6) is 0 Å². The third kappa shape index (κ3) is 3.48. The van der Waals surface area contributed by atoms with Crippen molar-refractivity contribution < 1.29 is 4.79 Å². The Hall–Kier alpha value is -2.21. The molecule has 2 N–H and O–H groups in total. The van der Waals surface area contributed by atoms with E-state index in [9.17, 15) is 4.79 Å². The van der Waals surface area contributed by atoms with E-state index in [4.69, 9.17) is 5.73 Å². The van der Waals surface area contributed by atoms with Crippen molar-refractivity contribution in [3.8, 4) is 5.69 Å². The number of carbonyl (C=O) groups excluding carboxylic acids is 1. The lowest BCUT2D eigenvalue weighted by Gasteiger charge is -2.34. The topological polar surface area (TPSA) is 77.0 Å². The Morgan fingerprint density at radius 3 is 2.83 bits per heavy atom. The minimum absolute atomic E-state index is 0.114. The minimum atomic E-state index is 0.114. The number of benzene rings is 1. The molecule has 0 radical (unpaired) electrons. The monoisotopic (exact) mass is 327 g/mol. The van der Waals surface area contributed by atoms with Crippen molar-refractivity contribution in [3.05, 3.63) is 41.7 Å². The van der Waals surface area contributed by atoms with E-state index < -0.39 is 0 Å². The Morgan fingerprint density at radius 2 is 2.12 bits per heavy atom. The highest BCUT2D eigenvalue weighted by molar-refractivity contribution is 5.78. The zero-order valence-corrected chi connectivity index (χ0v) is 14.4. The summed E-state index contributed by atoms with van der Waals surface area (Å²) in [5.74, 6) is 0.507. The molecule has 1 saturated heterocycles. The highest BCUT2D eigenvalue weighted by Crippen LogP contribution is 2.20. The van der Waals surface area contributed by atoms with Gasteiger partial charge in [0, 0.05) is 19.1 Å². The summed E-state index contributed by atoms with van der Waals surface area (Å²) in [4.78, 5) is 14.6. The van der Waals surface area contributed by atoms with Crippen molar-refractivity contribution in [3.63, 3.8) is 0 Å². The first-order chi connectivity index (χ1) is 11.6. The SMILES string of the molecule is Cc1c(CC(=O)N2CCC[C@H]([C@@H](C)N)C2)nnn1-c1ccccc1. The summed E-state index contributed by atoms with van der Waals surface area (Å²) in [6, 6.07) is 9.97. The van der Waals surface area contributed by atoms with E-state index in [1.165, 1.54) is 0 Å². The van der Waals surface area contributed by atoms with Gasteiger partial charge in [-0.05, 0) is 44.7 Å². The summed E-state index contributed by atoms with van der Waals surface area (Å²) in [7, 11) is 0. The fourth-order valence-electron chi connectivity index (χ4n) is 3.26. The largest absolute Gasteiger partial charge is 0.342 e. The maximum atomic E-state index is 12.6. The number of para-hydroxylation sites is 1. The maximum Gasteiger partial charge on any atom is 0.228 e. The van der Waals surface area contributed by atoms with Crippen molar-refractivity contribution in [1.29, 1.82) is 0 Å². The number of nitrogens with zero attached hydrogens (tertiary/aromatic N) is 4. The van der Waals surface area contributed by atoms with Gasteiger partial charge in [0.2, 0.25) is 5.91 Å². The highest BCUT2D eigenvalue weighted by atomic mass is 16.2. The van der Waals surface area contributed by atoms with Gasteiger partial charge in [0.1, 0.15) is 0 Å². The standard InChI is InChI=1S/C18H25N5O/c1-13(19)15-7-6-10-22(12-15)18(24)11-17-14(2)23(21-20-17)16-8-4-3-5-9-16/h3-5,8-9,13,15H,6-7,10-12,19H2,1-2H3/t13-,15+/m1/s1. The van der Waals surface area contributed by atoms with Crippen molar-refractivity contribution >= 4 is 5.91 Å². The number of nitrogens with two attached hydrogens (primary N) is 1. The Balaban J connectivity index is 1.70. The molecular weight excluding hydrogens is 302 g/mol. The van der Waals surface area contributed by atoms with Crippen LogP contribution < -0.4 is 5.73 Å². The van der Waals surface area contributed by atoms with E-state index in [0.29, 0.717) is 12.3 Å². The fraction of sp³-hybridized carbons (Fsp3) is 0.500. The molecule has 0 aliphatic carbocycles. The van der Waals surface area contributed by atoms with Crippen LogP contribution in [0.2, 0.25) is 0 Å². The van der Waals surface area contributed by atoms with Gasteiger partial charge in [0.15, 0.2) is 0 Å². The second-order valence-corrected chi connectivity index (χ2v) is 6.65. The zero-order valence-electron chi connectivity index (χ0n) is 14.4. The quantitative estimate of drug-likeness (QED) is 0.927. The first-order valence-corrected chi connectivity index (χ1v) is 8.56. The zero-order chi connectivity index (χ0) is 17.1. The summed E-state index contributed by atoms with van der Waals surface area (Å²) in [5.41, 5.74) is 8.62. The normalized spacial score (nSPS) is 19.3. The first kappa shape index (κ1) is 16.6. The maximum absolute atomic E-state index is 12.6. The molecule has 1 amide bonds. The molecule has 2 aromatic rings. The fourth-order valence-corrected chi connectivity index (χ4v) is 3.26. The number of likely N-dealkylation sites (tertiary alicyclic amines) is 1. The van der Waals surface area contributed by atoms with E-state index in [2.05, 4.69) is 10.3 Å². The van der Waals surface area contributed by atoms with Crippen LogP contribution in [0, 0.1) is 12.8 Å². The number of hydrogen-bond donors (Lipinski definition) is 1. The number of carbonyl (C=O) groups is 1. The summed E-state index contributed by atoms with van der Waals surface area (Å²) in [6.07, 6.45) is 2.42. The number of amides is 1. The molecule has 6 heteroatoms. The van der Waals surface area contributed by atoms with Gasteiger partial charge in [-0.2, -0.15) is 0 Å². The van der Waals surface area contributed by atoms with E-state index in [-0.39, 0.29) is 11.9 Å². The molecule has 128 valence electrons. The van der Waals surface area contributed by atoms with E-state index in [1.807, 2.05) is 49.1 Å². The van der Waals surface area contributed by atoms with Crippen molar-refractivity contribution in [1.82, 2.24) is 19.9 Å². The summed E-state index contributed by atoms with van der Waals surface area (Å²) < 4.78 is 1.78. The molecule has 3 rings (SSSR count). The molecule has 6 nitrogen and oxygen atoms in total. The van der Waals surface area contributed by atoms with Crippen LogP contribution in [-0.2, 0) is 11.2 Å². The summed E-state index contributed by atoms with van der Waals surface area (Å²) >= 11 is 0. The van der Waals surface area contributed by atoms with Gasteiger partial charge in [-0.25, -0.2) is 4.68 Å². The third-order valence-electron chi connectivity index (χ3n) is 4.86. The third-order valence-corrected chi connectivity index (χ3v) is 4.86. The van der Waals surface area contributed by atoms with E-state index in [1.54, 1.807) is 4.68 Å². The Labute approximate surface area is 142 Å². The number of aromatic nitrogens is 3. The van der Waals surface area contributed by atoms with Crippen LogP contribution >= 0.6 is 0 Å². The Kier molecular flexibility index (Phi) is 4.94. The van der Waals surface area contributed by atoms with Gasteiger partial charge in [-0.3, -0.25) is 4.79 Å². The van der Waals surface area contributed by atoms with Gasteiger partial charge in [0.05, 0.1) is 23.5 Å². The van der Waals surface area contributed by atoms with Gasteiger partial charge in [-0.1, -0.05) is 23.4 Å². The van der Waals surface area contributed by atoms with Crippen molar-refractivity contribution in [2.45, 2.75) is 39.2 Å². The van der Waals surface area contributed by atoms with Gasteiger partial charge < -0.3 is 10.6 Å². The lowest BCUT2D eigenvalue weighted by Crippen LogP contribution is -2.45. The Morgan fingerprint density at radius 1 is 1.38 bits per heavy atom. The van der Waals surface area contributed by atoms with Crippen LogP contribution in [0.25, 0.3) is 5.69 Å². The summed E-state index contributed by atoms with van der Waals surface area (Å²) in [5, 5.41) is 8.43. The summed E-state index contributed by atoms with van der Waals surface area (Å²) in [6.45, 7) is 5.54.